The summed E-state index contributed by atoms with van der Waals surface area (Å²) in [6, 6.07) is 11.4. The second-order valence-corrected chi connectivity index (χ2v) is 9.78. The molecule has 166 valence electrons. The van der Waals surface area contributed by atoms with Gasteiger partial charge in [-0.15, -0.1) is 0 Å². The molecule has 1 saturated heterocycles. The Morgan fingerprint density at radius 1 is 1.06 bits per heavy atom. The molecule has 0 saturated carbocycles. The Hall–Kier alpha value is -2.71. The zero-order valence-electron chi connectivity index (χ0n) is 18.1. The molecule has 0 aliphatic carbocycles. The lowest BCUT2D eigenvalue weighted by Gasteiger charge is -2.18. The summed E-state index contributed by atoms with van der Waals surface area (Å²) in [6.07, 6.45) is 2.47. The predicted octanol–water partition coefficient (Wildman–Crippen LogP) is 3.56. The van der Waals surface area contributed by atoms with Gasteiger partial charge in [0.1, 0.15) is 0 Å². The lowest BCUT2D eigenvalue weighted by Crippen LogP contribution is -2.32. The van der Waals surface area contributed by atoms with Crippen LogP contribution in [-0.2, 0) is 10.0 Å². The van der Waals surface area contributed by atoms with Gasteiger partial charge in [-0.25, -0.2) is 8.42 Å². The first-order valence-corrected chi connectivity index (χ1v) is 12.0. The maximum absolute atomic E-state index is 13.0. The highest BCUT2D eigenvalue weighted by Crippen LogP contribution is 2.25. The maximum atomic E-state index is 13.0. The van der Waals surface area contributed by atoms with E-state index in [2.05, 4.69) is 10.6 Å². The number of nitrogens with one attached hydrogen (secondary N) is 2. The van der Waals surface area contributed by atoms with Crippen molar-refractivity contribution in [2.45, 2.75) is 51.0 Å². The van der Waals surface area contributed by atoms with Gasteiger partial charge in [0.05, 0.1) is 16.1 Å². The summed E-state index contributed by atoms with van der Waals surface area (Å²) in [4.78, 5) is 25.7. The Bertz CT molecular complexity index is 1080. The zero-order valence-corrected chi connectivity index (χ0v) is 19.0. The Morgan fingerprint density at radius 2 is 1.74 bits per heavy atom. The van der Waals surface area contributed by atoms with Gasteiger partial charge < -0.3 is 10.6 Å². The number of benzene rings is 2. The van der Waals surface area contributed by atoms with Crippen LogP contribution in [0.3, 0.4) is 0 Å². The van der Waals surface area contributed by atoms with Crippen molar-refractivity contribution in [3.05, 3.63) is 59.2 Å². The molecule has 1 heterocycles. The fraction of sp³-hybridized carbons (Fsp3) is 0.391. The minimum Gasteiger partial charge on any atom is -0.350 e. The third-order valence-corrected chi connectivity index (χ3v) is 7.58. The Kier molecular flexibility index (Phi) is 7.12. The molecule has 2 N–H and O–H groups in total. The van der Waals surface area contributed by atoms with Crippen LogP contribution in [0.2, 0.25) is 0 Å². The summed E-state index contributed by atoms with van der Waals surface area (Å²) in [5.74, 6) is -0.742. The van der Waals surface area contributed by atoms with E-state index in [0.717, 1.165) is 19.3 Å². The number of carbonyl (C=O) groups excluding carboxylic acids is 2. The number of amides is 2. The number of hydrogen-bond acceptors (Lipinski definition) is 4. The summed E-state index contributed by atoms with van der Waals surface area (Å²) >= 11 is 0. The molecule has 0 spiro atoms. The summed E-state index contributed by atoms with van der Waals surface area (Å²) in [7, 11) is -3.65. The van der Waals surface area contributed by atoms with Crippen LogP contribution in [0.5, 0.6) is 0 Å². The first-order valence-electron chi connectivity index (χ1n) is 10.6. The van der Waals surface area contributed by atoms with Crippen molar-refractivity contribution in [3.8, 4) is 0 Å². The SMILES string of the molecule is CC[C@@H](C)NC(=O)c1ccccc1NC(=O)c1ccc(C)c(S(=O)(=O)N2CCCC2)c1. The number of hydrogen-bond donors (Lipinski definition) is 2. The van der Waals surface area contributed by atoms with Crippen molar-refractivity contribution >= 4 is 27.5 Å². The molecule has 2 aromatic carbocycles. The Morgan fingerprint density at radius 3 is 2.42 bits per heavy atom. The van der Waals surface area contributed by atoms with Crippen LogP contribution < -0.4 is 10.6 Å². The molecule has 3 rings (SSSR count). The first-order chi connectivity index (χ1) is 14.7. The summed E-state index contributed by atoms with van der Waals surface area (Å²) in [5, 5.41) is 5.65. The molecule has 2 amide bonds. The van der Waals surface area contributed by atoms with Crippen LogP contribution in [-0.4, -0.2) is 43.7 Å². The third-order valence-electron chi connectivity index (χ3n) is 5.54. The molecule has 0 aromatic heterocycles. The smallest absolute Gasteiger partial charge is 0.255 e. The number of anilines is 1. The number of sulfonamides is 1. The number of carbonyl (C=O) groups is 2. The molecule has 31 heavy (non-hydrogen) atoms. The summed E-state index contributed by atoms with van der Waals surface area (Å²) in [5.41, 5.74) is 1.54. The van der Waals surface area contributed by atoms with E-state index in [1.807, 2.05) is 13.8 Å². The van der Waals surface area contributed by atoms with E-state index < -0.39 is 15.9 Å². The van der Waals surface area contributed by atoms with Gasteiger partial charge in [0.25, 0.3) is 11.8 Å². The van der Waals surface area contributed by atoms with E-state index in [1.54, 1.807) is 43.3 Å². The van der Waals surface area contributed by atoms with Gasteiger partial charge in [0.2, 0.25) is 10.0 Å². The minimum absolute atomic E-state index is 0.00621. The first kappa shape index (κ1) is 23.0. The molecular formula is C23H29N3O4S. The van der Waals surface area contributed by atoms with Gasteiger partial charge in [-0.2, -0.15) is 4.31 Å². The van der Waals surface area contributed by atoms with Gasteiger partial charge in [0, 0.05) is 24.7 Å². The highest BCUT2D eigenvalue weighted by molar-refractivity contribution is 7.89. The fourth-order valence-corrected chi connectivity index (χ4v) is 5.24. The average Bonchev–Trinajstić information content (AvgIpc) is 3.30. The van der Waals surface area contributed by atoms with E-state index in [-0.39, 0.29) is 22.4 Å². The molecule has 1 atom stereocenters. The van der Waals surface area contributed by atoms with Crippen molar-refractivity contribution in [2.75, 3.05) is 18.4 Å². The molecule has 8 heteroatoms. The quantitative estimate of drug-likeness (QED) is 0.684. The lowest BCUT2D eigenvalue weighted by molar-refractivity contribution is 0.0940. The minimum atomic E-state index is -3.65. The maximum Gasteiger partial charge on any atom is 0.255 e. The lowest BCUT2D eigenvalue weighted by atomic mass is 10.1. The van der Waals surface area contributed by atoms with Crippen LogP contribution in [0.15, 0.2) is 47.4 Å². The highest BCUT2D eigenvalue weighted by Gasteiger charge is 2.29. The normalized spacial score (nSPS) is 15.5. The van der Waals surface area contributed by atoms with Crippen molar-refractivity contribution in [1.82, 2.24) is 9.62 Å². The van der Waals surface area contributed by atoms with E-state index in [0.29, 0.717) is 29.9 Å². The van der Waals surface area contributed by atoms with Crippen LogP contribution in [0, 0.1) is 6.92 Å². The van der Waals surface area contributed by atoms with Gasteiger partial charge in [0.15, 0.2) is 0 Å². The topological polar surface area (TPSA) is 95.6 Å². The van der Waals surface area contributed by atoms with Gasteiger partial charge in [-0.1, -0.05) is 25.1 Å². The Balaban J connectivity index is 1.86. The van der Waals surface area contributed by atoms with Crippen molar-refractivity contribution in [1.29, 1.82) is 0 Å². The molecule has 7 nitrogen and oxygen atoms in total. The van der Waals surface area contributed by atoms with Crippen LogP contribution in [0.4, 0.5) is 5.69 Å². The number of para-hydroxylation sites is 1. The average molecular weight is 444 g/mol. The van der Waals surface area contributed by atoms with Gasteiger partial charge in [-0.05, 0) is 62.9 Å². The van der Waals surface area contributed by atoms with Gasteiger partial charge >= 0.3 is 0 Å². The fourth-order valence-electron chi connectivity index (χ4n) is 3.48. The van der Waals surface area contributed by atoms with E-state index in [1.165, 1.54) is 10.4 Å². The third kappa shape index (κ3) is 5.14. The largest absolute Gasteiger partial charge is 0.350 e. The monoisotopic (exact) mass is 443 g/mol. The van der Waals surface area contributed by atoms with Gasteiger partial charge in [-0.3, -0.25) is 9.59 Å². The number of rotatable bonds is 7. The van der Waals surface area contributed by atoms with Crippen LogP contribution in [0.25, 0.3) is 0 Å². The van der Waals surface area contributed by atoms with E-state index in [9.17, 15) is 18.0 Å². The van der Waals surface area contributed by atoms with Crippen molar-refractivity contribution < 1.29 is 18.0 Å². The zero-order chi connectivity index (χ0) is 22.6. The molecule has 0 bridgehead atoms. The molecule has 0 unspecified atom stereocenters. The molecular weight excluding hydrogens is 414 g/mol. The molecule has 1 aliphatic rings. The van der Waals surface area contributed by atoms with Crippen molar-refractivity contribution in [3.63, 3.8) is 0 Å². The van der Waals surface area contributed by atoms with Crippen LogP contribution in [0.1, 0.15) is 59.4 Å². The standard InChI is InChI=1S/C23H29N3O4S/c1-4-17(3)24-23(28)19-9-5-6-10-20(19)25-22(27)18-12-11-16(2)21(15-18)31(29,30)26-13-7-8-14-26/h5-6,9-12,15,17H,4,7-8,13-14H2,1-3H3,(H,24,28)(H,25,27)/t17-/m1/s1. The number of nitrogens with zero attached hydrogens (tertiary/aromatic N) is 1. The summed E-state index contributed by atoms with van der Waals surface area (Å²) in [6.45, 7) is 6.60. The second-order valence-electron chi connectivity index (χ2n) is 7.87. The highest BCUT2D eigenvalue weighted by atomic mass is 32.2. The van der Waals surface area contributed by atoms with Crippen LogP contribution >= 0.6 is 0 Å². The molecule has 1 fully saturated rings. The molecule has 2 aromatic rings. The molecule has 0 radical (unpaired) electrons. The number of aryl methyl sites for hydroxylation is 1. The second kappa shape index (κ2) is 9.62. The molecule has 1 aliphatic heterocycles. The predicted molar refractivity (Wildman–Crippen MR) is 121 cm³/mol. The van der Waals surface area contributed by atoms with E-state index in [4.69, 9.17) is 0 Å². The Labute approximate surface area is 183 Å². The van der Waals surface area contributed by atoms with E-state index >= 15 is 0 Å². The summed E-state index contributed by atoms with van der Waals surface area (Å²) < 4.78 is 27.5. The van der Waals surface area contributed by atoms with Crippen molar-refractivity contribution in [2.24, 2.45) is 0 Å².